The van der Waals surface area contributed by atoms with Gasteiger partial charge in [-0.25, -0.2) is 4.98 Å². The fourth-order valence-corrected chi connectivity index (χ4v) is 3.13. The van der Waals surface area contributed by atoms with Crippen LogP contribution in [0.15, 0.2) is 76.6 Å². The van der Waals surface area contributed by atoms with Crippen molar-refractivity contribution in [3.8, 4) is 22.9 Å². The average Bonchev–Trinajstić information content (AvgIpc) is 2.79. The Bertz CT molecular complexity index is 1270. The van der Waals surface area contributed by atoms with Gasteiger partial charge in [0.2, 0.25) is 0 Å². The maximum absolute atomic E-state index is 13.3. The Labute approximate surface area is 174 Å². The molecule has 150 valence electrons. The first kappa shape index (κ1) is 19.4. The Morgan fingerprint density at radius 1 is 0.933 bits per heavy atom. The minimum absolute atomic E-state index is 0.249. The highest BCUT2D eigenvalue weighted by Crippen LogP contribution is 2.29. The minimum atomic E-state index is -0.249. The van der Waals surface area contributed by atoms with Gasteiger partial charge in [0.05, 0.1) is 31.3 Å². The topological polar surface area (TPSA) is 65.7 Å². The Morgan fingerprint density at radius 2 is 1.60 bits per heavy atom. The molecule has 0 N–H and O–H groups in total. The normalized spacial score (nSPS) is 11.2. The van der Waals surface area contributed by atoms with Crippen molar-refractivity contribution in [1.82, 2.24) is 9.66 Å². The summed E-state index contributed by atoms with van der Waals surface area (Å²) in [7, 11) is 3.16. The molecular formula is C24H21N3O3. The van der Waals surface area contributed by atoms with Crippen LogP contribution in [-0.2, 0) is 0 Å². The molecular weight excluding hydrogens is 378 g/mol. The van der Waals surface area contributed by atoms with Gasteiger partial charge in [0.15, 0.2) is 5.82 Å². The maximum Gasteiger partial charge on any atom is 0.282 e. The fourth-order valence-electron chi connectivity index (χ4n) is 3.13. The molecule has 0 radical (unpaired) electrons. The van der Waals surface area contributed by atoms with Crippen molar-refractivity contribution in [3.63, 3.8) is 0 Å². The molecule has 4 rings (SSSR count). The summed E-state index contributed by atoms with van der Waals surface area (Å²) in [6.45, 7) is 2.02. The minimum Gasteiger partial charge on any atom is -0.497 e. The molecule has 0 aliphatic heterocycles. The maximum atomic E-state index is 13.3. The molecule has 30 heavy (non-hydrogen) atoms. The van der Waals surface area contributed by atoms with Crippen molar-refractivity contribution in [2.45, 2.75) is 6.92 Å². The molecule has 0 fully saturated rings. The van der Waals surface area contributed by atoms with Crippen molar-refractivity contribution in [2.24, 2.45) is 5.10 Å². The Morgan fingerprint density at radius 3 is 2.27 bits per heavy atom. The van der Waals surface area contributed by atoms with Gasteiger partial charge in [-0.3, -0.25) is 4.79 Å². The van der Waals surface area contributed by atoms with Gasteiger partial charge >= 0.3 is 0 Å². The lowest BCUT2D eigenvalue weighted by atomic mass is 10.1. The summed E-state index contributed by atoms with van der Waals surface area (Å²) in [6.07, 6.45) is 1.65. The fraction of sp³-hybridized carbons (Fsp3) is 0.125. The lowest BCUT2D eigenvalue weighted by Crippen LogP contribution is -2.20. The smallest absolute Gasteiger partial charge is 0.282 e. The summed E-state index contributed by atoms with van der Waals surface area (Å²) in [5, 5.41) is 4.98. The molecule has 0 bridgehead atoms. The molecule has 3 aromatic carbocycles. The number of ether oxygens (including phenoxy) is 2. The highest BCUT2D eigenvalue weighted by Gasteiger charge is 2.14. The Hall–Kier alpha value is -3.93. The molecule has 0 spiro atoms. The van der Waals surface area contributed by atoms with Crippen LogP contribution < -0.4 is 15.0 Å². The van der Waals surface area contributed by atoms with E-state index in [2.05, 4.69) is 5.10 Å². The van der Waals surface area contributed by atoms with Gasteiger partial charge in [-0.05, 0) is 36.8 Å². The number of methoxy groups -OCH3 is 2. The van der Waals surface area contributed by atoms with Crippen LogP contribution in [0.2, 0.25) is 0 Å². The number of nitrogens with zero attached hydrogens (tertiary/aromatic N) is 3. The van der Waals surface area contributed by atoms with E-state index in [0.717, 1.165) is 11.1 Å². The van der Waals surface area contributed by atoms with Crippen LogP contribution in [0.4, 0.5) is 0 Å². The summed E-state index contributed by atoms with van der Waals surface area (Å²) in [5.74, 6) is 1.60. The Balaban J connectivity index is 1.95. The molecule has 4 aromatic rings. The molecule has 0 aliphatic carbocycles. The van der Waals surface area contributed by atoms with E-state index in [4.69, 9.17) is 14.5 Å². The third kappa shape index (κ3) is 3.80. The van der Waals surface area contributed by atoms with Crippen molar-refractivity contribution in [2.75, 3.05) is 14.2 Å². The second-order valence-corrected chi connectivity index (χ2v) is 6.83. The van der Waals surface area contributed by atoms with E-state index in [0.29, 0.717) is 33.8 Å². The number of aryl methyl sites for hydroxylation is 1. The molecule has 0 unspecified atom stereocenters. The number of rotatable bonds is 5. The van der Waals surface area contributed by atoms with Crippen LogP contribution in [0.5, 0.6) is 11.5 Å². The van der Waals surface area contributed by atoms with E-state index < -0.39 is 0 Å². The second kappa shape index (κ2) is 8.21. The van der Waals surface area contributed by atoms with Gasteiger partial charge in [0.1, 0.15) is 11.5 Å². The predicted octanol–water partition coefficient (Wildman–Crippen LogP) is 4.27. The first-order valence-corrected chi connectivity index (χ1v) is 9.45. The van der Waals surface area contributed by atoms with Gasteiger partial charge in [-0.1, -0.05) is 42.0 Å². The predicted molar refractivity (Wildman–Crippen MR) is 119 cm³/mol. The molecule has 0 amide bonds. The first-order chi connectivity index (χ1) is 14.6. The highest BCUT2D eigenvalue weighted by molar-refractivity contribution is 5.82. The van der Waals surface area contributed by atoms with E-state index in [1.165, 1.54) is 4.68 Å². The number of hydrogen-bond donors (Lipinski definition) is 0. The lowest BCUT2D eigenvalue weighted by Gasteiger charge is -2.12. The third-order valence-corrected chi connectivity index (χ3v) is 4.76. The van der Waals surface area contributed by atoms with E-state index in [1.54, 1.807) is 44.7 Å². The lowest BCUT2D eigenvalue weighted by molar-refractivity contribution is 0.394. The molecule has 1 aromatic heterocycles. The van der Waals surface area contributed by atoms with Crippen molar-refractivity contribution >= 4 is 17.1 Å². The van der Waals surface area contributed by atoms with Crippen LogP contribution in [0.1, 0.15) is 11.1 Å². The third-order valence-electron chi connectivity index (χ3n) is 4.76. The highest BCUT2D eigenvalue weighted by atomic mass is 16.5. The summed E-state index contributed by atoms with van der Waals surface area (Å²) < 4.78 is 12.1. The molecule has 6 nitrogen and oxygen atoms in total. The van der Waals surface area contributed by atoms with Crippen LogP contribution in [0, 0.1) is 6.92 Å². The van der Waals surface area contributed by atoms with E-state index >= 15 is 0 Å². The van der Waals surface area contributed by atoms with Gasteiger partial charge < -0.3 is 9.47 Å². The van der Waals surface area contributed by atoms with Crippen molar-refractivity contribution in [3.05, 3.63) is 88.2 Å². The van der Waals surface area contributed by atoms with Crippen LogP contribution in [-0.4, -0.2) is 30.1 Å². The van der Waals surface area contributed by atoms with Crippen LogP contribution in [0.3, 0.4) is 0 Å². The van der Waals surface area contributed by atoms with Crippen LogP contribution >= 0.6 is 0 Å². The molecule has 0 saturated carbocycles. The molecule has 0 aliphatic rings. The van der Waals surface area contributed by atoms with Gasteiger partial charge in [0, 0.05) is 11.6 Å². The van der Waals surface area contributed by atoms with Crippen molar-refractivity contribution < 1.29 is 9.47 Å². The molecule has 0 saturated heterocycles. The number of benzene rings is 3. The van der Waals surface area contributed by atoms with Gasteiger partial charge in [-0.2, -0.15) is 9.78 Å². The molecule has 6 heteroatoms. The van der Waals surface area contributed by atoms with E-state index in [9.17, 15) is 4.79 Å². The summed E-state index contributed by atoms with van der Waals surface area (Å²) in [4.78, 5) is 18.0. The number of aromatic nitrogens is 2. The van der Waals surface area contributed by atoms with Gasteiger partial charge in [-0.15, -0.1) is 0 Å². The average molecular weight is 399 g/mol. The second-order valence-electron chi connectivity index (χ2n) is 6.83. The first-order valence-electron chi connectivity index (χ1n) is 9.45. The summed E-state index contributed by atoms with van der Waals surface area (Å²) >= 11 is 0. The van der Waals surface area contributed by atoms with E-state index in [1.807, 2.05) is 49.4 Å². The monoisotopic (exact) mass is 399 g/mol. The molecule has 1 heterocycles. The standard InChI is InChI=1S/C24H21N3O3/c1-16-8-10-17(11-9-16)15-25-27-23(18-12-19(29-2)14-20(13-18)30-3)26-22-7-5-4-6-21(22)24(27)28/h4-15H,1-3H3. The summed E-state index contributed by atoms with van der Waals surface area (Å²) in [5.41, 5.74) is 3.05. The largest absolute Gasteiger partial charge is 0.497 e. The SMILES string of the molecule is COc1cc(OC)cc(-c2nc3ccccc3c(=O)n2N=Cc2ccc(C)cc2)c1. The number of fused-ring (bicyclic) bond motifs is 1. The summed E-state index contributed by atoms with van der Waals surface area (Å²) in [6, 6.07) is 20.5. The van der Waals surface area contributed by atoms with Gasteiger partial charge in [0.25, 0.3) is 5.56 Å². The van der Waals surface area contributed by atoms with Crippen LogP contribution in [0.25, 0.3) is 22.3 Å². The van der Waals surface area contributed by atoms with Crippen molar-refractivity contribution in [1.29, 1.82) is 0 Å². The van der Waals surface area contributed by atoms with E-state index in [-0.39, 0.29) is 5.56 Å². The number of para-hydroxylation sites is 1. The Kier molecular flexibility index (Phi) is 5.30. The number of hydrogen-bond acceptors (Lipinski definition) is 5. The zero-order valence-corrected chi connectivity index (χ0v) is 17.0. The molecule has 0 atom stereocenters. The zero-order chi connectivity index (χ0) is 21.1. The zero-order valence-electron chi connectivity index (χ0n) is 17.0. The quantitative estimate of drug-likeness (QED) is 0.470.